The van der Waals surface area contributed by atoms with E-state index in [4.69, 9.17) is 5.11 Å². The summed E-state index contributed by atoms with van der Waals surface area (Å²) in [5, 5.41) is 10.7. The van der Waals surface area contributed by atoms with Crippen LogP contribution in [0, 0.1) is 0 Å². The molecule has 5 nitrogen and oxygen atoms in total. The molecule has 1 fully saturated rings. The molecule has 10 heavy (non-hydrogen) atoms. The Morgan fingerprint density at radius 1 is 1.90 bits per heavy atom. The summed E-state index contributed by atoms with van der Waals surface area (Å²) in [6.07, 6.45) is 0. The minimum atomic E-state index is -1.05. The fourth-order valence-electron chi connectivity index (χ4n) is 0.685. The van der Waals surface area contributed by atoms with Crippen LogP contribution >= 0.6 is 12.8 Å². The van der Waals surface area contributed by atoms with Crippen molar-refractivity contribution in [3.05, 3.63) is 0 Å². The summed E-state index contributed by atoms with van der Waals surface area (Å²) in [4.78, 5) is 20.8. The molecule has 0 unspecified atom stereocenters. The molecule has 0 aromatic heterocycles. The first-order valence-electron chi connectivity index (χ1n) is 2.61. The molecule has 0 aromatic rings. The molecule has 2 amide bonds. The second-order valence-corrected chi connectivity index (χ2v) is 2.32. The SMILES string of the molecule is O=C(O)[C@@H]1CNC(=O)N1S. The zero-order chi connectivity index (χ0) is 7.72. The minimum Gasteiger partial charge on any atom is -0.480 e. The van der Waals surface area contributed by atoms with E-state index in [0.717, 1.165) is 4.31 Å². The van der Waals surface area contributed by atoms with Gasteiger partial charge in [0.2, 0.25) is 0 Å². The lowest BCUT2D eigenvalue weighted by Crippen LogP contribution is -2.32. The molecule has 0 aliphatic carbocycles. The molecule has 1 rings (SSSR count). The number of carboxylic acid groups (broad SMARTS) is 1. The number of hydrogen-bond donors (Lipinski definition) is 3. The van der Waals surface area contributed by atoms with Crippen molar-refractivity contribution in [2.75, 3.05) is 6.54 Å². The number of thiol groups is 1. The molecule has 1 aliphatic heterocycles. The van der Waals surface area contributed by atoms with E-state index in [-0.39, 0.29) is 6.54 Å². The Bertz CT molecular complexity index is 183. The molecule has 56 valence electrons. The molecule has 1 atom stereocenters. The fourth-order valence-corrected chi connectivity index (χ4v) is 0.936. The lowest BCUT2D eigenvalue weighted by molar-refractivity contribution is -0.139. The van der Waals surface area contributed by atoms with Crippen molar-refractivity contribution in [3.8, 4) is 0 Å². The summed E-state index contributed by atoms with van der Waals surface area (Å²) < 4.78 is 0.863. The van der Waals surface area contributed by atoms with Gasteiger partial charge in [-0.05, 0) is 0 Å². The molecular weight excluding hydrogens is 156 g/mol. The molecule has 1 aliphatic rings. The number of urea groups is 1. The van der Waals surface area contributed by atoms with Crippen LogP contribution in [-0.2, 0) is 4.79 Å². The van der Waals surface area contributed by atoms with Crippen LogP contribution in [0.1, 0.15) is 0 Å². The van der Waals surface area contributed by atoms with Gasteiger partial charge in [0.25, 0.3) is 0 Å². The monoisotopic (exact) mass is 162 g/mol. The van der Waals surface area contributed by atoms with Gasteiger partial charge in [-0.15, -0.1) is 0 Å². The van der Waals surface area contributed by atoms with Crippen molar-refractivity contribution in [3.63, 3.8) is 0 Å². The van der Waals surface area contributed by atoms with Crippen molar-refractivity contribution in [2.24, 2.45) is 0 Å². The number of aliphatic carboxylic acids is 1. The molecule has 0 aromatic carbocycles. The van der Waals surface area contributed by atoms with Gasteiger partial charge in [-0.3, -0.25) is 4.31 Å². The van der Waals surface area contributed by atoms with Crippen LogP contribution in [0.25, 0.3) is 0 Å². The zero-order valence-corrected chi connectivity index (χ0v) is 5.84. The third-order valence-electron chi connectivity index (χ3n) is 1.23. The van der Waals surface area contributed by atoms with Gasteiger partial charge in [0.15, 0.2) is 6.04 Å². The maximum Gasteiger partial charge on any atom is 0.329 e. The largest absolute Gasteiger partial charge is 0.480 e. The Labute approximate surface area is 62.5 Å². The van der Waals surface area contributed by atoms with Gasteiger partial charge < -0.3 is 10.4 Å². The van der Waals surface area contributed by atoms with Crippen LogP contribution in [0.15, 0.2) is 0 Å². The van der Waals surface area contributed by atoms with Crippen LogP contribution < -0.4 is 5.32 Å². The van der Waals surface area contributed by atoms with E-state index >= 15 is 0 Å². The molecule has 0 bridgehead atoms. The normalized spacial score (nSPS) is 24.7. The first kappa shape index (κ1) is 7.20. The van der Waals surface area contributed by atoms with Crippen molar-refractivity contribution < 1.29 is 14.7 Å². The average Bonchev–Trinajstić information content (AvgIpc) is 2.14. The zero-order valence-electron chi connectivity index (χ0n) is 4.94. The maximum absolute atomic E-state index is 10.6. The lowest BCUT2D eigenvalue weighted by Gasteiger charge is -2.09. The van der Waals surface area contributed by atoms with Crippen LogP contribution in [0.5, 0.6) is 0 Å². The summed E-state index contributed by atoms with van der Waals surface area (Å²) in [6.45, 7) is 0.123. The molecule has 6 heteroatoms. The van der Waals surface area contributed by atoms with Crippen molar-refractivity contribution in [2.45, 2.75) is 6.04 Å². The molecule has 0 radical (unpaired) electrons. The van der Waals surface area contributed by atoms with E-state index in [1.54, 1.807) is 0 Å². The second-order valence-electron chi connectivity index (χ2n) is 1.88. The first-order chi connectivity index (χ1) is 4.63. The number of hydrogen-bond acceptors (Lipinski definition) is 3. The minimum absolute atomic E-state index is 0.123. The average molecular weight is 162 g/mol. The van der Waals surface area contributed by atoms with Crippen LogP contribution in [-0.4, -0.2) is 34.0 Å². The molecule has 2 N–H and O–H groups in total. The smallest absolute Gasteiger partial charge is 0.329 e. The number of rotatable bonds is 1. The van der Waals surface area contributed by atoms with Gasteiger partial charge in [0.05, 0.1) is 6.54 Å². The van der Waals surface area contributed by atoms with Gasteiger partial charge in [-0.2, -0.15) is 0 Å². The highest BCUT2D eigenvalue weighted by Crippen LogP contribution is 2.08. The Hall–Kier alpha value is -0.910. The molecule has 0 saturated carbocycles. The molecule has 0 spiro atoms. The topological polar surface area (TPSA) is 69.6 Å². The predicted molar refractivity (Wildman–Crippen MR) is 35.6 cm³/mol. The molecule has 1 saturated heterocycles. The van der Waals surface area contributed by atoms with Gasteiger partial charge in [-0.1, -0.05) is 12.8 Å². The summed E-state index contributed by atoms with van der Waals surface area (Å²) in [7, 11) is 0. The summed E-state index contributed by atoms with van der Waals surface area (Å²) in [5.41, 5.74) is 0. The quantitative estimate of drug-likeness (QED) is 0.447. The van der Waals surface area contributed by atoms with E-state index in [9.17, 15) is 9.59 Å². The van der Waals surface area contributed by atoms with Crippen LogP contribution in [0.4, 0.5) is 4.79 Å². The Balaban J connectivity index is 2.66. The molecular formula is C4H6N2O3S. The van der Waals surface area contributed by atoms with Crippen LogP contribution in [0.3, 0.4) is 0 Å². The number of nitrogens with zero attached hydrogens (tertiary/aromatic N) is 1. The Kier molecular flexibility index (Phi) is 1.71. The third-order valence-corrected chi connectivity index (χ3v) is 1.70. The fraction of sp³-hybridized carbons (Fsp3) is 0.500. The van der Waals surface area contributed by atoms with Crippen molar-refractivity contribution in [1.82, 2.24) is 9.62 Å². The second kappa shape index (κ2) is 2.37. The summed E-state index contributed by atoms with van der Waals surface area (Å²) in [6, 6.07) is -1.30. The number of amides is 2. The van der Waals surface area contributed by atoms with E-state index in [1.807, 2.05) is 0 Å². The van der Waals surface area contributed by atoms with Crippen LogP contribution in [0.2, 0.25) is 0 Å². The van der Waals surface area contributed by atoms with E-state index in [1.165, 1.54) is 0 Å². The van der Waals surface area contributed by atoms with Gasteiger partial charge in [0, 0.05) is 0 Å². The highest BCUT2D eigenvalue weighted by atomic mass is 32.1. The number of carbonyl (C=O) groups excluding carboxylic acids is 1. The number of carboxylic acids is 1. The molecule has 1 heterocycles. The Morgan fingerprint density at radius 2 is 2.50 bits per heavy atom. The Morgan fingerprint density at radius 3 is 2.70 bits per heavy atom. The standard InChI is InChI=1S/C4H6N2O3S/c7-3(8)2-1-5-4(9)6(2)10/h2,10H,1H2,(H,5,9)(H,7,8)/t2-/m0/s1. The summed E-state index contributed by atoms with van der Waals surface area (Å²) in [5.74, 6) is -1.05. The highest BCUT2D eigenvalue weighted by molar-refractivity contribution is 7.78. The first-order valence-corrected chi connectivity index (χ1v) is 3.01. The lowest BCUT2D eigenvalue weighted by atomic mass is 10.3. The summed E-state index contributed by atoms with van der Waals surface area (Å²) >= 11 is 3.66. The van der Waals surface area contributed by atoms with Gasteiger partial charge in [0.1, 0.15) is 0 Å². The number of nitrogens with one attached hydrogen (secondary N) is 1. The highest BCUT2D eigenvalue weighted by Gasteiger charge is 2.33. The van der Waals surface area contributed by atoms with Gasteiger partial charge in [-0.25, -0.2) is 9.59 Å². The van der Waals surface area contributed by atoms with E-state index in [2.05, 4.69) is 18.1 Å². The number of carbonyl (C=O) groups is 2. The maximum atomic E-state index is 10.6. The van der Waals surface area contributed by atoms with Crippen molar-refractivity contribution in [1.29, 1.82) is 0 Å². The third kappa shape index (κ3) is 1.02. The van der Waals surface area contributed by atoms with Crippen molar-refractivity contribution >= 4 is 24.8 Å². The van der Waals surface area contributed by atoms with E-state index < -0.39 is 18.0 Å². The van der Waals surface area contributed by atoms with Gasteiger partial charge >= 0.3 is 12.0 Å². The predicted octanol–water partition coefficient (Wildman–Crippen LogP) is -0.690. The van der Waals surface area contributed by atoms with E-state index in [0.29, 0.717) is 0 Å².